The monoisotopic (exact) mass is 361 g/mol. The quantitative estimate of drug-likeness (QED) is 0.566. The van der Waals surface area contributed by atoms with Crippen LogP contribution in [-0.2, 0) is 0 Å². The van der Waals surface area contributed by atoms with Gasteiger partial charge in [0, 0.05) is 12.1 Å². The number of hydrogen-bond acceptors (Lipinski definition) is 2. The van der Waals surface area contributed by atoms with E-state index in [4.69, 9.17) is 4.74 Å². The van der Waals surface area contributed by atoms with Gasteiger partial charge in [0.25, 0.3) is 0 Å². The molecular formula is C6H5I2NO. The maximum Gasteiger partial charge on any atom is 0.124 e. The Balaban J connectivity index is 3.06. The molecule has 54 valence electrons. The summed E-state index contributed by atoms with van der Waals surface area (Å²) < 4.78 is 6.95. The van der Waals surface area contributed by atoms with Crippen molar-refractivity contribution in [2.24, 2.45) is 0 Å². The summed E-state index contributed by atoms with van der Waals surface area (Å²) in [4.78, 5) is 4.18. The van der Waals surface area contributed by atoms with Crippen LogP contribution in [0.4, 0.5) is 0 Å². The van der Waals surface area contributed by atoms with Crippen molar-refractivity contribution in [3.05, 3.63) is 19.5 Å². The highest BCUT2D eigenvalue weighted by molar-refractivity contribution is 14.1. The normalized spacial score (nSPS) is 9.50. The first-order chi connectivity index (χ1) is 4.72. The summed E-state index contributed by atoms with van der Waals surface area (Å²) in [7, 11) is 1.65. The predicted octanol–water partition coefficient (Wildman–Crippen LogP) is 2.30. The lowest BCUT2D eigenvalue weighted by atomic mass is 10.5. The molecule has 0 bridgehead atoms. The Morgan fingerprint density at radius 2 is 1.80 bits per heavy atom. The Labute approximate surface area is 86.7 Å². The third-order valence-electron chi connectivity index (χ3n) is 0.972. The Kier molecular flexibility index (Phi) is 3.15. The molecule has 0 aromatic carbocycles. The third-order valence-corrected chi connectivity index (χ3v) is 2.08. The van der Waals surface area contributed by atoms with E-state index in [9.17, 15) is 0 Å². The van der Waals surface area contributed by atoms with E-state index in [-0.39, 0.29) is 0 Å². The van der Waals surface area contributed by atoms with Crippen molar-refractivity contribution in [2.75, 3.05) is 7.11 Å². The zero-order chi connectivity index (χ0) is 7.56. The predicted molar refractivity (Wildman–Crippen MR) is 56.2 cm³/mol. The summed E-state index contributed by atoms with van der Waals surface area (Å²) in [6, 6.07) is 3.78. The fraction of sp³-hybridized carbons (Fsp3) is 0.167. The van der Waals surface area contributed by atoms with Gasteiger partial charge >= 0.3 is 0 Å². The van der Waals surface area contributed by atoms with Crippen LogP contribution in [0.15, 0.2) is 12.1 Å². The number of aromatic nitrogens is 1. The molecule has 0 atom stereocenters. The topological polar surface area (TPSA) is 22.1 Å². The Hall–Kier alpha value is 0.410. The van der Waals surface area contributed by atoms with Gasteiger partial charge in [0.05, 0.1) is 7.11 Å². The minimum atomic E-state index is 0.865. The number of nitrogens with zero attached hydrogens (tertiary/aromatic N) is 1. The molecule has 0 aliphatic heterocycles. The molecule has 1 aromatic rings. The highest BCUT2D eigenvalue weighted by Gasteiger charge is 1.96. The maximum atomic E-state index is 5.03. The van der Waals surface area contributed by atoms with Crippen molar-refractivity contribution in [1.82, 2.24) is 4.98 Å². The van der Waals surface area contributed by atoms with Gasteiger partial charge in [-0.05, 0) is 45.2 Å². The van der Waals surface area contributed by atoms with Crippen molar-refractivity contribution >= 4 is 45.2 Å². The van der Waals surface area contributed by atoms with Crippen LogP contribution < -0.4 is 4.74 Å². The molecule has 0 saturated heterocycles. The number of rotatable bonds is 1. The molecule has 0 radical (unpaired) electrons. The van der Waals surface area contributed by atoms with Crippen molar-refractivity contribution in [2.45, 2.75) is 0 Å². The van der Waals surface area contributed by atoms with Crippen LogP contribution in [-0.4, -0.2) is 12.1 Å². The summed E-state index contributed by atoms with van der Waals surface area (Å²) >= 11 is 4.32. The number of ether oxygens (including phenoxy) is 1. The smallest absolute Gasteiger partial charge is 0.124 e. The van der Waals surface area contributed by atoms with Crippen LogP contribution in [0.3, 0.4) is 0 Å². The van der Waals surface area contributed by atoms with Gasteiger partial charge < -0.3 is 4.74 Å². The molecule has 0 N–H and O–H groups in total. The summed E-state index contributed by atoms with van der Waals surface area (Å²) in [6.45, 7) is 0. The molecule has 1 heterocycles. The maximum absolute atomic E-state index is 5.03. The van der Waals surface area contributed by atoms with Gasteiger partial charge in [0.15, 0.2) is 0 Å². The molecule has 0 aliphatic carbocycles. The number of halogens is 2. The molecule has 0 amide bonds. The van der Waals surface area contributed by atoms with E-state index >= 15 is 0 Å². The van der Waals surface area contributed by atoms with E-state index in [1.165, 1.54) is 0 Å². The van der Waals surface area contributed by atoms with Crippen LogP contribution in [0.25, 0.3) is 0 Å². The first-order valence-corrected chi connectivity index (χ1v) is 4.75. The number of hydrogen-bond donors (Lipinski definition) is 0. The van der Waals surface area contributed by atoms with Crippen LogP contribution in [0.1, 0.15) is 0 Å². The summed E-state index contributed by atoms with van der Waals surface area (Å²) in [6.07, 6.45) is 0. The molecule has 4 heteroatoms. The zero-order valence-corrected chi connectivity index (χ0v) is 9.58. The second-order valence-electron chi connectivity index (χ2n) is 1.65. The minimum Gasteiger partial charge on any atom is -0.497 e. The molecule has 0 fully saturated rings. The van der Waals surface area contributed by atoms with E-state index in [2.05, 4.69) is 50.2 Å². The Morgan fingerprint density at radius 1 is 1.30 bits per heavy atom. The van der Waals surface area contributed by atoms with Crippen LogP contribution in [0.2, 0.25) is 0 Å². The Bertz CT molecular complexity index is 219. The van der Waals surface area contributed by atoms with Gasteiger partial charge in [0.1, 0.15) is 13.2 Å². The van der Waals surface area contributed by atoms with Crippen LogP contribution in [0.5, 0.6) is 5.75 Å². The largest absolute Gasteiger partial charge is 0.497 e. The lowest BCUT2D eigenvalue weighted by molar-refractivity contribution is 0.413. The molecule has 0 spiro atoms. The standard InChI is InChI=1S/C6H5I2NO/c1-10-4-2-5(7)9-6(8)3-4/h2-3H,1H3. The first kappa shape index (κ1) is 8.51. The zero-order valence-electron chi connectivity index (χ0n) is 5.27. The molecule has 2 nitrogen and oxygen atoms in total. The van der Waals surface area contributed by atoms with Gasteiger partial charge in [-0.3, -0.25) is 0 Å². The Morgan fingerprint density at radius 3 is 2.20 bits per heavy atom. The van der Waals surface area contributed by atoms with Gasteiger partial charge in [-0.25, -0.2) is 4.98 Å². The average Bonchev–Trinajstić information content (AvgIpc) is 1.85. The molecule has 0 unspecified atom stereocenters. The summed E-state index contributed by atoms with van der Waals surface area (Å²) in [5.41, 5.74) is 0. The van der Waals surface area contributed by atoms with Gasteiger partial charge in [0.2, 0.25) is 0 Å². The molecular weight excluding hydrogens is 356 g/mol. The average molecular weight is 361 g/mol. The number of pyridine rings is 1. The van der Waals surface area contributed by atoms with E-state index in [0.717, 1.165) is 13.2 Å². The second-order valence-corrected chi connectivity index (χ2v) is 3.86. The minimum absolute atomic E-state index is 0.865. The number of methoxy groups -OCH3 is 1. The van der Waals surface area contributed by atoms with Crippen molar-refractivity contribution < 1.29 is 4.74 Å². The van der Waals surface area contributed by atoms with E-state index < -0.39 is 0 Å². The molecule has 1 aromatic heterocycles. The van der Waals surface area contributed by atoms with Crippen LogP contribution in [0, 0.1) is 7.40 Å². The van der Waals surface area contributed by atoms with Gasteiger partial charge in [-0.1, -0.05) is 0 Å². The van der Waals surface area contributed by atoms with Gasteiger partial charge in [-0.2, -0.15) is 0 Å². The molecule has 0 saturated carbocycles. The lowest BCUT2D eigenvalue weighted by Gasteiger charge is -1.99. The van der Waals surface area contributed by atoms with Gasteiger partial charge in [-0.15, -0.1) is 0 Å². The SMILES string of the molecule is COc1cc(I)nc(I)c1. The fourth-order valence-electron chi connectivity index (χ4n) is 0.561. The second kappa shape index (κ2) is 3.70. The first-order valence-electron chi connectivity index (χ1n) is 2.59. The third kappa shape index (κ3) is 2.22. The molecule has 10 heavy (non-hydrogen) atoms. The highest BCUT2D eigenvalue weighted by atomic mass is 127. The fourth-order valence-corrected chi connectivity index (χ4v) is 2.16. The molecule has 0 aliphatic rings. The lowest BCUT2D eigenvalue weighted by Crippen LogP contribution is -1.88. The summed E-state index contributed by atoms with van der Waals surface area (Å²) in [5.74, 6) is 0.865. The molecule has 1 rings (SSSR count). The van der Waals surface area contributed by atoms with Crippen molar-refractivity contribution in [1.29, 1.82) is 0 Å². The van der Waals surface area contributed by atoms with Crippen LogP contribution >= 0.6 is 45.2 Å². The van der Waals surface area contributed by atoms with E-state index in [0.29, 0.717) is 0 Å². The van der Waals surface area contributed by atoms with E-state index in [1.54, 1.807) is 7.11 Å². The highest BCUT2D eigenvalue weighted by Crippen LogP contribution is 2.15. The van der Waals surface area contributed by atoms with E-state index in [1.807, 2.05) is 12.1 Å². The van der Waals surface area contributed by atoms with Crippen molar-refractivity contribution in [3.8, 4) is 5.75 Å². The van der Waals surface area contributed by atoms with Crippen molar-refractivity contribution in [3.63, 3.8) is 0 Å². The summed E-state index contributed by atoms with van der Waals surface area (Å²) in [5, 5.41) is 0.